The lowest BCUT2D eigenvalue weighted by Crippen LogP contribution is -1.86. The first-order valence-corrected chi connectivity index (χ1v) is 5.74. The first-order chi connectivity index (χ1) is 8.78. The van der Waals surface area contributed by atoms with Crippen molar-refractivity contribution in [3.8, 4) is 11.5 Å². The Balaban J connectivity index is 2.09. The fraction of sp³-hybridized carbons (Fsp3) is 0.133. The van der Waals surface area contributed by atoms with E-state index in [1.54, 1.807) is 12.4 Å². The fourth-order valence-electron chi connectivity index (χ4n) is 1.51. The summed E-state index contributed by atoms with van der Waals surface area (Å²) in [7, 11) is 0. The maximum absolute atomic E-state index is 8.95. The van der Waals surface area contributed by atoms with Crippen LogP contribution in [0, 0.1) is 0 Å². The zero-order valence-electron chi connectivity index (χ0n) is 10.2. The van der Waals surface area contributed by atoms with Crippen LogP contribution in [0.1, 0.15) is 12.5 Å². The van der Waals surface area contributed by atoms with Crippen LogP contribution in [0.3, 0.4) is 0 Å². The Kier molecular flexibility index (Phi) is 4.10. The molecule has 0 aliphatic heterocycles. The van der Waals surface area contributed by atoms with Crippen molar-refractivity contribution >= 4 is 6.08 Å². The van der Waals surface area contributed by atoms with Crippen molar-refractivity contribution in [3.05, 3.63) is 59.9 Å². The quantitative estimate of drug-likeness (QED) is 0.893. The second kappa shape index (κ2) is 5.98. The molecule has 0 unspecified atom stereocenters. The molecule has 3 heteroatoms. The van der Waals surface area contributed by atoms with Crippen molar-refractivity contribution in [1.82, 2.24) is 4.98 Å². The minimum atomic E-state index is 0.0773. The number of aliphatic hydroxyl groups excluding tert-OH is 1. The molecule has 2 aromatic rings. The summed E-state index contributed by atoms with van der Waals surface area (Å²) >= 11 is 0. The highest BCUT2D eigenvalue weighted by atomic mass is 16.5. The molecular weight excluding hydrogens is 226 g/mol. The van der Waals surface area contributed by atoms with Gasteiger partial charge in [-0.1, -0.05) is 18.2 Å². The molecule has 0 spiro atoms. The summed E-state index contributed by atoms with van der Waals surface area (Å²) in [6.45, 7) is 1.97. The van der Waals surface area contributed by atoms with Gasteiger partial charge in [-0.3, -0.25) is 4.98 Å². The van der Waals surface area contributed by atoms with Crippen LogP contribution in [0.5, 0.6) is 11.5 Å². The van der Waals surface area contributed by atoms with E-state index in [1.165, 1.54) is 0 Å². The fourth-order valence-corrected chi connectivity index (χ4v) is 1.51. The van der Waals surface area contributed by atoms with Crippen molar-refractivity contribution < 1.29 is 9.84 Å². The number of nitrogens with zero attached hydrogens (tertiary/aromatic N) is 1. The van der Waals surface area contributed by atoms with Gasteiger partial charge in [-0.2, -0.15) is 0 Å². The van der Waals surface area contributed by atoms with Crippen molar-refractivity contribution in [2.45, 2.75) is 6.92 Å². The van der Waals surface area contributed by atoms with Crippen LogP contribution >= 0.6 is 0 Å². The third-order valence-corrected chi connectivity index (χ3v) is 2.41. The van der Waals surface area contributed by atoms with Crippen molar-refractivity contribution in [2.24, 2.45) is 0 Å². The molecule has 0 aliphatic rings. The van der Waals surface area contributed by atoms with Crippen molar-refractivity contribution in [1.29, 1.82) is 0 Å². The van der Waals surface area contributed by atoms with Crippen LogP contribution in [-0.2, 0) is 0 Å². The normalized spacial score (nSPS) is 11.3. The third kappa shape index (κ3) is 3.43. The van der Waals surface area contributed by atoms with E-state index in [0.717, 1.165) is 16.9 Å². The predicted octanol–water partition coefficient (Wildman–Crippen LogP) is 3.27. The van der Waals surface area contributed by atoms with Crippen molar-refractivity contribution in [3.63, 3.8) is 0 Å². The summed E-state index contributed by atoms with van der Waals surface area (Å²) in [5.74, 6) is 1.48. The predicted molar refractivity (Wildman–Crippen MR) is 71.5 cm³/mol. The number of aromatic nitrogens is 1. The van der Waals surface area contributed by atoms with Gasteiger partial charge in [0, 0.05) is 6.20 Å². The Morgan fingerprint density at radius 1 is 1.22 bits per heavy atom. The summed E-state index contributed by atoms with van der Waals surface area (Å²) in [6, 6.07) is 11.4. The first kappa shape index (κ1) is 12.3. The van der Waals surface area contributed by atoms with Gasteiger partial charge in [-0.25, -0.2) is 0 Å². The summed E-state index contributed by atoms with van der Waals surface area (Å²) in [6.07, 6.45) is 5.32. The minimum absolute atomic E-state index is 0.0773. The van der Waals surface area contributed by atoms with E-state index in [4.69, 9.17) is 9.84 Å². The molecule has 3 nitrogen and oxygen atoms in total. The van der Waals surface area contributed by atoms with Crippen LogP contribution in [0.25, 0.3) is 6.08 Å². The Morgan fingerprint density at radius 3 is 2.61 bits per heavy atom. The summed E-state index contributed by atoms with van der Waals surface area (Å²) in [4.78, 5) is 3.99. The second-order valence-electron chi connectivity index (χ2n) is 4.01. The number of hydrogen-bond acceptors (Lipinski definition) is 3. The van der Waals surface area contributed by atoms with Crippen LogP contribution < -0.4 is 4.74 Å². The lowest BCUT2D eigenvalue weighted by molar-refractivity contribution is 0.332. The summed E-state index contributed by atoms with van der Waals surface area (Å²) in [5, 5.41) is 8.95. The van der Waals surface area contributed by atoms with Gasteiger partial charge in [-0.05, 0) is 42.3 Å². The average Bonchev–Trinajstić information content (AvgIpc) is 2.42. The number of pyridine rings is 1. The molecule has 1 aromatic carbocycles. The van der Waals surface area contributed by atoms with E-state index in [2.05, 4.69) is 4.98 Å². The molecule has 1 aromatic heterocycles. The molecule has 1 heterocycles. The molecule has 0 fully saturated rings. The highest BCUT2D eigenvalue weighted by Crippen LogP contribution is 2.21. The van der Waals surface area contributed by atoms with E-state index >= 15 is 0 Å². The van der Waals surface area contributed by atoms with Gasteiger partial charge in [-0.15, -0.1) is 0 Å². The zero-order valence-corrected chi connectivity index (χ0v) is 10.2. The lowest BCUT2D eigenvalue weighted by atomic mass is 10.1. The van der Waals surface area contributed by atoms with Gasteiger partial charge in [0.15, 0.2) is 0 Å². The third-order valence-electron chi connectivity index (χ3n) is 2.41. The number of hydrogen-bond donors (Lipinski definition) is 1. The van der Waals surface area contributed by atoms with Crippen LogP contribution in [-0.4, -0.2) is 16.7 Å². The Bertz CT molecular complexity index is 518. The van der Waals surface area contributed by atoms with E-state index in [0.29, 0.717) is 5.75 Å². The zero-order chi connectivity index (χ0) is 12.8. The number of rotatable bonds is 4. The first-order valence-electron chi connectivity index (χ1n) is 5.74. The monoisotopic (exact) mass is 241 g/mol. The molecule has 0 radical (unpaired) electrons. The molecule has 2 rings (SSSR count). The maximum Gasteiger partial charge on any atom is 0.145 e. The summed E-state index contributed by atoms with van der Waals surface area (Å²) < 4.78 is 5.63. The smallest absolute Gasteiger partial charge is 0.145 e. The standard InChI is InChI=1S/C15H15NO2/c1-12(11-17)9-13-4-6-14(7-5-13)18-15-3-2-8-16-10-15/h2-10,17H,11H2,1H3/b12-9+. The molecule has 0 amide bonds. The molecule has 0 aliphatic carbocycles. The maximum atomic E-state index is 8.95. The minimum Gasteiger partial charge on any atom is -0.456 e. The molecule has 0 bridgehead atoms. The van der Waals surface area contributed by atoms with Gasteiger partial charge < -0.3 is 9.84 Å². The van der Waals surface area contributed by atoms with Crippen LogP contribution in [0.4, 0.5) is 0 Å². The molecular formula is C15H15NO2. The van der Waals surface area contributed by atoms with Gasteiger partial charge in [0.1, 0.15) is 11.5 Å². The Hall–Kier alpha value is -2.13. The van der Waals surface area contributed by atoms with E-state index in [9.17, 15) is 0 Å². The Labute approximate surface area is 106 Å². The SMILES string of the molecule is C/C(=C\c1ccc(Oc2cccnc2)cc1)CO. The highest BCUT2D eigenvalue weighted by Gasteiger charge is 1.97. The van der Waals surface area contributed by atoms with Crippen LogP contribution in [0.15, 0.2) is 54.4 Å². The van der Waals surface area contributed by atoms with E-state index < -0.39 is 0 Å². The lowest BCUT2D eigenvalue weighted by Gasteiger charge is -2.05. The van der Waals surface area contributed by atoms with Gasteiger partial charge >= 0.3 is 0 Å². The van der Waals surface area contributed by atoms with Crippen LogP contribution in [0.2, 0.25) is 0 Å². The number of aliphatic hydroxyl groups is 1. The van der Waals surface area contributed by atoms with Crippen molar-refractivity contribution in [2.75, 3.05) is 6.61 Å². The topological polar surface area (TPSA) is 42.4 Å². The molecule has 1 N–H and O–H groups in total. The summed E-state index contributed by atoms with van der Waals surface area (Å²) in [5.41, 5.74) is 1.97. The molecule has 92 valence electrons. The number of benzene rings is 1. The van der Waals surface area contributed by atoms with Gasteiger partial charge in [0.05, 0.1) is 12.8 Å². The second-order valence-corrected chi connectivity index (χ2v) is 4.01. The molecule has 0 atom stereocenters. The highest BCUT2D eigenvalue weighted by molar-refractivity contribution is 5.53. The van der Waals surface area contributed by atoms with Gasteiger partial charge in [0.25, 0.3) is 0 Å². The van der Waals surface area contributed by atoms with Gasteiger partial charge in [0.2, 0.25) is 0 Å². The molecule has 0 saturated carbocycles. The molecule has 18 heavy (non-hydrogen) atoms. The molecule has 0 saturated heterocycles. The van der Waals surface area contributed by atoms with E-state index in [1.807, 2.05) is 49.4 Å². The van der Waals surface area contributed by atoms with E-state index in [-0.39, 0.29) is 6.61 Å². The number of ether oxygens (including phenoxy) is 1. The average molecular weight is 241 g/mol. The Morgan fingerprint density at radius 2 is 2.00 bits per heavy atom. The largest absolute Gasteiger partial charge is 0.456 e.